The minimum atomic E-state index is -0.722. The summed E-state index contributed by atoms with van der Waals surface area (Å²) in [6.07, 6.45) is 3.55. The molecule has 19 heavy (non-hydrogen) atoms. The summed E-state index contributed by atoms with van der Waals surface area (Å²) in [4.78, 5) is 11.8. The van der Waals surface area contributed by atoms with Gasteiger partial charge in [0, 0.05) is 0 Å². The molecule has 0 atom stereocenters. The van der Waals surface area contributed by atoms with Crippen LogP contribution in [0.5, 0.6) is 5.75 Å². The highest BCUT2D eigenvalue weighted by atomic mass is 16.5. The molecule has 0 spiro atoms. The molecule has 0 heterocycles. The first-order valence-electron chi connectivity index (χ1n) is 6.90. The lowest BCUT2D eigenvalue weighted by molar-refractivity contribution is -0.155. The number of hydrogen-bond acceptors (Lipinski definition) is 2. The summed E-state index contributed by atoms with van der Waals surface area (Å²) in [5, 5.41) is 9.68. The molecule has 0 amide bonds. The Balaban J connectivity index is 2.35. The van der Waals surface area contributed by atoms with Gasteiger partial charge in [0.05, 0.1) is 12.5 Å². The highest BCUT2D eigenvalue weighted by Crippen LogP contribution is 2.59. The number of benzene rings is 1. The molecule has 0 saturated heterocycles. The first-order chi connectivity index (χ1) is 9.02. The highest BCUT2D eigenvalue weighted by Gasteiger charge is 2.58. The Labute approximate surface area is 114 Å². The molecule has 1 aromatic carbocycles. The number of carboxylic acids is 1. The molecule has 0 bridgehead atoms. The minimum Gasteiger partial charge on any atom is -0.497 e. The molecule has 0 aromatic heterocycles. The van der Waals surface area contributed by atoms with E-state index in [0.717, 1.165) is 37.0 Å². The van der Waals surface area contributed by atoms with Crippen LogP contribution >= 0.6 is 0 Å². The van der Waals surface area contributed by atoms with Crippen molar-refractivity contribution in [3.8, 4) is 5.75 Å². The van der Waals surface area contributed by atoms with Gasteiger partial charge in [-0.15, -0.1) is 0 Å². The van der Waals surface area contributed by atoms with Crippen molar-refractivity contribution in [2.24, 2.45) is 5.41 Å². The Morgan fingerprint density at radius 2 is 1.95 bits per heavy atom. The van der Waals surface area contributed by atoms with Gasteiger partial charge in [-0.05, 0) is 36.0 Å². The molecule has 1 N–H and O–H groups in total. The average molecular weight is 262 g/mol. The second-order valence-corrected chi connectivity index (χ2v) is 5.68. The maximum Gasteiger partial charge on any atom is 0.314 e. The Bertz CT molecular complexity index is 467. The highest BCUT2D eigenvalue weighted by molar-refractivity contribution is 5.83. The van der Waals surface area contributed by atoms with Crippen LogP contribution in [-0.2, 0) is 10.2 Å². The monoisotopic (exact) mass is 262 g/mol. The number of methoxy groups -OCH3 is 1. The molecule has 0 aliphatic heterocycles. The van der Waals surface area contributed by atoms with Gasteiger partial charge in [-0.1, -0.05) is 38.8 Å². The van der Waals surface area contributed by atoms with Gasteiger partial charge in [-0.2, -0.15) is 0 Å². The number of ether oxygens (including phenoxy) is 1. The number of aliphatic carboxylic acids is 1. The van der Waals surface area contributed by atoms with Crippen molar-refractivity contribution in [2.45, 2.75) is 44.9 Å². The van der Waals surface area contributed by atoms with Crippen LogP contribution in [-0.4, -0.2) is 18.2 Å². The minimum absolute atomic E-state index is 0.196. The smallest absolute Gasteiger partial charge is 0.314 e. The molecule has 1 aliphatic carbocycles. The zero-order chi connectivity index (χ0) is 14.1. The lowest BCUT2D eigenvalue weighted by atomic mass is 9.48. The Hall–Kier alpha value is -1.51. The van der Waals surface area contributed by atoms with Crippen LogP contribution in [0.15, 0.2) is 24.3 Å². The predicted octanol–water partition coefficient (Wildman–Crippen LogP) is 3.62. The molecule has 1 aromatic rings. The van der Waals surface area contributed by atoms with Crippen LogP contribution in [0, 0.1) is 5.41 Å². The quantitative estimate of drug-likeness (QED) is 0.881. The molecular formula is C16H22O3. The maximum absolute atomic E-state index is 11.8. The first-order valence-corrected chi connectivity index (χ1v) is 6.90. The Kier molecular flexibility index (Phi) is 3.57. The van der Waals surface area contributed by atoms with Crippen molar-refractivity contribution in [3.63, 3.8) is 0 Å². The predicted molar refractivity (Wildman–Crippen MR) is 74.6 cm³/mol. The molecule has 3 heteroatoms. The number of carbonyl (C=O) groups is 1. The zero-order valence-corrected chi connectivity index (χ0v) is 11.9. The van der Waals surface area contributed by atoms with Gasteiger partial charge in [-0.3, -0.25) is 4.79 Å². The molecule has 104 valence electrons. The normalized spacial score (nSPS) is 19.5. The summed E-state index contributed by atoms with van der Waals surface area (Å²) in [7, 11) is 1.61. The number of rotatable bonds is 5. The average Bonchev–Trinajstić information content (AvgIpc) is 2.39. The molecule has 1 saturated carbocycles. The van der Waals surface area contributed by atoms with Crippen molar-refractivity contribution in [1.82, 2.24) is 0 Å². The van der Waals surface area contributed by atoms with E-state index in [4.69, 9.17) is 4.74 Å². The van der Waals surface area contributed by atoms with E-state index in [1.807, 2.05) is 24.3 Å². The fraction of sp³-hybridized carbons (Fsp3) is 0.562. The fourth-order valence-electron chi connectivity index (χ4n) is 3.38. The summed E-state index contributed by atoms with van der Waals surface area (Å²) in [6, 6.07) is 7.50. The van der Waals surface area contributed by atoms with Crippen LogP contribution in [0.2, 0.25) is 0 Å². The molecule has 0 radical (unpaired) electrons. The number of carboxylic acid groups (broad SMARTS) is 1. The van der Waals surface area contributed by atoms with Crippen LogP contribution in [0.4, 0.5) is 0 Å². The zero-order valence-electron chi connectivity index (χ0n) is 11.9. The molecule has 1 fully saturated rings. The van der Waals surface area contributed by atoms with Gasteiger partial charge in [0.1, 0.15) is 5.75 Å². The van der Waals surface area contributed by atoms with Crippen molar-refractivity contribution in [3.05, 3.63) is 29.8 Å². The van der Waals surface area contributed by atoms with Crippen molar-refractivity contribution >= 4 is 5.97 Å². The third-order valence-corrected chi connectivity index (χ3v) is 4.89. The second-order valence-electron chi connectivity index (χ2n) is 5.68. The van der Waals surface area contributed by atoms with Crippen LogP contribution in [0.3, 0.4) is 0 Å². The first kappa shape index (κ1) is 13.9. The molecular weight excluding hydrogens is 240 g/mol. The molecule has 3 nitrogen and oxygen atoms in total. The van der Waals surface area contributed by atoms with Crippen LogP contribution in [0.25, 0.3) is 0 Å². The lowest BCUT2D eigenvalue weighted by Gasteiger charge is -2.54. The Morgan fingerprint density at radius 1 is 1.32 bits per heavy atom. The van der Waals surface area contributed by atoms with E-state index >= 15 is 0 Å². The van der Waals surface area contributed by atoms with E-state index in [1.54, 1.807) is 7.11 Å². The van der Waals surface area contributed by atoms with Crippen LogP contribution in [0.1, 0.15) is 45.1 Å². The van der Waals surface area contributed by atoms with E-state index in [9.17, 15) is 9.90 Å². The van der Waals surface area contributed by atoms with Gasteiger partial charge >= 0.3 is 5.97 Å². The largest absolute Gasteiger partial charge is 0.497 e. The third-order valence-electron chi connectivity index (χ3n) is 4.89. The lowest BCUT2D eigenvalue weighted by Crippen LogP contribution is -2.54. The summed E-state index contributed by atoms with van der Waals surface area (Å²) in [6.45, 7) is 4.31. The summed E-state index contributed by atoms with van der Waals surface area (Å²) >= 11 is 0. The summed E-state index contributed by atoms with van der Waals surface area (Å²) < 4.78 is 5.21. The van der Waals surface area contributed by atoms with E-state index in [0.29, 0.717) is 0 Å². The fourth-order valence-corrected chi connectivity index (χ4v) is 3.38. The van der Waals surface area contributed by atoms with Gasteiger partial charge in [0.15, 0.2) is 0 Å². The third kappa shape index (κ3) is 2.11. The second kappa shape index (κ2) is 4.87. The summed E-state index contributed by atoms with van der Waals surface area (Å²) in [5.41, 5.74) is 0.346. The van der Waals surface area contributed by atoms with Gasteiger partial charge in [0.2, 0.25) is 0 Å². The van der Waals surface area contributed by atoms with E-state index < -0.39 is 11.4 Å². The van der Waals surface area contributed by atoms with E-state index in [1.165, 1.54) is 0 Å². The topological polar surface area (TPSA) is 46.5 Å². The van der Waals surface area contributed by atoms with E-state index in [2.05, 4.69) is 13.8 Å². The SMILES string of the molecule is CCC1(CC)CC(C(=O)O)(c2cccc(OC)c2)C1. The molecule has 2 rings (SSSR count). The maximum atomic E-state index is 11.8. The van der Waals surface area contributed by atoms with Gasteiger partial charge < -0.3 is 9.84 Å². The van der Waals surface area contributed by atoms with Crippen molar-refractivity contribution in [2.75, 3.05) is 7.11 Å². The van der Waals surface area contributed by atoms with Gasteiger partial charge in [0.25, 0.3) is 0 Å². The van der Waals surface area contributed by atoms with Crippen molar-refractivity contribution < 1.29 is 14.6 Å². The van der Waals surface area contributed by atoms with Gasteiger partial charge in [-0.25, -0.2) is 0 Å². The molecule has 1 aliphatic rings. The standard InChI is InChI=1S/C16H22O3/c1-4-15(5-2)10-16(11-15,14(17)18)12-7-6-8-13(9-12)19-3/h6-9H,4-5,10-11H2,1-3H3,(H,17,18). The number of hydrogen-bond donors (Lipinski definition) is 1. The molecule has 0 unspecified atom stereocenters. The van der Waals surface area contributed by atoms with Crippen molar-refractivity contribution in [1.29, 1.82) is 0 Å². The summed E-state index contributed by atoms with van der Waals surface area (Å²) in [5.74, 6) is 0.0156. The van der Waals surface area contributed by atoms with Crippen LogP contribution < -0.4 is 4.74 Å². The van der Waals surface area contributed by atoms with E-state index in [-0.39, 0.29) is 5.41 Å². The Morgan fingerprint density at radius 3 is 2.42 bits per heavy atom.